The Bertz CT molecular complexity index is 1030. The first-order chi connectivity index (χ1) is 14.1. The van der Waals surface area contributed by atoms with Crippen molar-refractivity contribution in [1.82, 2.24) is 14.9 Å². The van der Waals surface area contributed by atoms with Gasteiger partial charge in [0.1, 0.15) is 11.5 Å². The zero-order valence-electron chi connectivity index (χ0n) is 16.1. The number of amides is 2. The topological polar surface area (TPSA) is 87.2 Å². The number of nitrogens with one attached hydrogen (secondary N) is 2. The van der Waals surface area contributed by atoms with Crippen LogP contribution in [0.15, 0.2) is 60.9 Å². The van der Waals surface area contributed by atoms with Gasteiger partial charge in [0.15, 0.2) is 0 Å². The van der Waals surface area contributed by atoms with E-state index in [1.807, 2.05) is 24.3 Å². The van der Waals surface area contributed by atoms with Crippen LogP contribution in [0, 0.1) is 0 Å². The molecule has 2 amide bonds. The lowest BCUT2D eigenvalue weighted by atomic mass is 10.00. The molecule has 0 aliphatic carbocycles. The molecule has 3 aromatic rings. The first-order valence-corrected chi connectivity index (χ1v) is 9.41. The molecule has 0 unspecified atom stereocenters. The van der Waals surface area contributed by atoms with Gasteiger partial charge in [0.05, 0.1) is 12.4 Å². The van der Waals surface area contributed by atoms with E-state index in [4.69, 9.17) is 0 Å². The average Bonchev–Trinajstić information content (AvgIpc) is 2.74. The van der Waals surface area contributed by atoms with Crippen LogP contribution in [0.1, 0.15) is 28.5 Å². The fourth-order valence-corrected chi connectivity index (χ4v) is 3.32. The molecule has 0 saturated heterocycles. The molecular formula is C22H21N5O2. The van der Waals surface area contributed by atoms with Gasteiger partial charge in [-0.2, -0.15) is 0 Å². The van der Waals surface area contributed by atoms with E-state index in [1.54, 1.807) is 23.2 Å². The van der Waals surface area contributed by atoms with Crippen LogP contribution in [0.2, 0.25) is 0 Å². The molecule has 1 aromatic heterocycles. The molecule has 2 heterocycles. The van der Waals surface area contributed by atoms with Crippen molar-refractivity contribution >= 4 is 29.0 Å². The Morgan fingerprint density at radius 3 is 2.34 bits per heavy atom. The zero-order valence-corrected chi connectivity index (χ0v) is 16.1. The van der Waals surface area contributed by atoms with E-state index in [0.29, 0.717) is 24.6 Å². The van der Waals surface area contributed by atoms with E-state index in [1.165, 1.54) is 24.2 Å². The van der Waals surface area contributed by atoms with Gasteiger partial charge in [-0.05, 0) is 41.8 Å². The molecule has 1 aliphatic heterocycles. The van der Waals surface area contributed by atoms with Crippen LogP contribution < -0.4 is 10.6 Å². The molecule has 4 rings (SSSR count). The third-order valence-corrected chi connectivity index (χ3v) is 4.77. The molecule has 7 heteroatoms. The quantitative estimate of drug-likeness (QED) is 0.717. The molecule has 2 N–H and O–H groups in total. The van der Waals surface area contributed by atoms with Crippen LogP contribution >= 0.6 is 0 Å². The van der Waals surface area contributed by atoms with Gasteiger partial charge in [0.2, 0.25) is 5.91 Å². The number of carbonyl (C=O) groups is 2. The van der Waals surface area contributed by atoms with Gasteiger partial charge in [0.25, 0.3) is 5.91 Å². The van der Waals surface area contributed by atoms with Gasteiger partial charge in [0, 0.05) is 31.4 Å². The maximum Gasteiger partial charge on any atom is 0.274 e. The molecule has 0 bridgehead atoms. The standard InChI is InChI=1S/C22H21N5O2/c1-15(28)25-18-6-8-19(9-7-18)26-21-13-23-20(12-24-21)22(29)27-11-10-16-4-2-3-5-17(16)14-27/h2-9,12-13H,10-11,14H2,1H3,(H,24,26)(H,25,28). The van der Waals surface area contributed by atoms with E-state index in [-0.39, 0.29) is 11.8 Å². The highest BCUT2D eigenvalue weighted by Gasteiger charge is 2.22. The minimum Gasteiger partial charge on any atom is -0.339 e. The lowest BCUT2D eigenvalue weighted by Gasteiger charge is -2.28. The van der Waals surface area contributed by atoms with Crippen molar-refractivity contribution in [3.05, 3.63) is 77.7 Å². The van der Waals surface area contributed by atoms with Crippen LogP contribution in [0.3, 0.4) is 0 Å². The second-order valence-corrected chi connectivity index (χ2v) is 6.92. The summed E-state index contributed by atoms with van der Waals surface area (Å²) < 4.78 is 0. The number of hydrogen-bond acceptors (Lipinski definition) is 5. The van der Waals surface area contributed by atoms with Crippen LogP contribution in [-0.4, -0.2) is 33.2 Å². The number of fused-ring (bicyclic) bond motifs is 1. The summed E-state index contributed by atoms with van der Waals surface area (Å²) in [5, 5.41) is 5.85. The summed E-state index contributed by atoms with van der Waals surface area (Å²) >= 11 is 0. The summed E-state index contributed by atoms with van der Waals surface area (Å²) in [5.74, 6) is 0.310. The van der Waals surface area contributed by atoms with E-state index in [0.717, 1.165) is 17.8 Å². The highest BCUT2D eigenvalue weighted by atomic mass is 16.2. The molecule has 29 heavy (non-hydrogen) atoms. The number of hydrogen-bond donors (Lipinski definition) is 2. The maximum atomic E-state index is 12.8. The predicted octanol–water partition coefficient (Wildman–Crippen LogP) is 3.38. The highest BCUT2D eigenvalue weighted by molar-refractivity contribution is 5.92. The van der Waals surface area contributed by atoms with Crippen LogP contribution in [0.25, 0.3) is 0 Å². The molecule has 0 spiro atoms. The summed E-state index contributed by atoms with van der Waals surface area (Å²) in [5.41, 5.74) is 4.34. The third kappa shape index (κ3) is 4.40. The number of benzene rings is 2. The van der Waals surface area contributed by atoms with E-state index in [9.17, 15) is 9.59 Å². The van der Waals surface area contributed by atoms with Gasteiger partial charge in [-0.25, -0.2) is 9.97 Å². The second-order valence-electron chi connectivity index (χ2n) is 6.92. The number of anilines is 3. The van der Waals surface area contributed by atoms with E-state index >= 15 is 0 Å². The van der Waals surface area contributed by atoms with Crippen molar-refractivity contribution < 1.29 is 9.59 Å². The number of aromatic nitrogens is 2. The van der Waals surface area contributed by atoms with Crippen LogP contribution in [-0.2, 0) is 17.8 Å². The van der Waals surface area contributed by atoms with Crippen LogP contribution in [0.5, 0.6) is 0 Å². The summed E-state index contributed by atoms with van der Waals surface area (Å²) in [6.45, 7) is 2.74. The van der Waals surface area contributed by atoms with Crippen molar-refractivity contribution in [2.45, 2.75) is 19.9 Å². The third-order valence-electron chi connectivity index (χ3n) is 4.77. The largest absolute Gasteiger partial charge is 0.339 e. The maximum absolute atomic E-state index is 12.8. The van der Waals surface area contributed by atoms with Gasteiger partial charge >= 0.3 is 0 Å². The second kappa shape index (κ2) is 8.10. The predicted molar refractivity (Wildman–Crippen MR) is 111 cm³/mol. The van der Waals surface area contributed by atoms with Crippen molar-refractivity contribution in [3.8, 4) is 0 Å². The molecule has 146 valence electrons. The molecule has 0 radical (unpaired) electrons. The minimum atomic E-state index is -0.117. The van der Waals surface area contributed by atoms with Crippen molar-refractivity contribution in [2.75, 3.05) is 17.2 Å². The fraction of sp³-hybridized carbons (Fsp3) is 0.182. The zero-order chi connectivity index (χ0) is 20.2. The van der Waals surface area contributed by atoms with E-state index < -0.39 is 0 Å². The Kier molecular flexibility index (Phi) is 5.20. The molecule has 1 aliphatic rings. The Morgan fingerprint density at radius 1 is 0.931 bits per heavy atom. The Hall–Kier alpha value is -3.74. The Labute approximate surface area is 168 Å². The summed E-state index contributed by atoms with van der Waals surface area (Å²) in [7, 11) is 0. The van der Waals surface area contributed by atoms with Crippen molar-refractivity contribution in [2.24, 2.45) is 0 Å². The molecule has 2 aromatic carbocycles. The lowest BCUT2D eigenvalue weighted by molar-refractivity contribution is -0.114. The van der Waals surface area contributed by atoms with Crippen molar-refractivity contribution in [3.63, 3.8) is 0 Å². The first-order valence-electron chi connectivity index (χ1n) is 9.41. The number of carbonyl (C=O) groups excluding carboxylic acids is 2. The number of rotatable bonds is 4. The van der Waals surface area contributed by atoms with Gasteiger partial charge < -0.3 is 15.5 Å². The summed E-state index contributed by atoms with van der Waals surface area (Å²) in [4.78, 5) is 34.3. The Morgan fingerprint density at radius 2 is 1.66 bits per heavy atom. The smallest absolute Gasteiger partial charge is 0.274 e. The van der Waals surface area contributed by atoms with Crippen LogP contribution in [0.4, 0.5) is 17.2 Å². The van der Waals surface area contributed by atoms with Gasteiger partial charge in [-0.15, -0.1) is 0 Å². The SMILES string of the molecule is CC(=O)Nc1ccc(Nc2cnc(C(=O)N3CCc4ccccc4C3)cn2)cc1. The first kappa shape index (κ1) is 18.6. The molecule has 7 nitrogen and oxygen atoms in total. The summed E-state index contributed by atoms with van der Waals surface area (Å²) in [6, 6.07) is 15.4. The molecule has 0 saturated carbocycles. The Balaban J connectivity index is 1.40. The van der Waals surface area contributed by atoms with Crippen molar-refractivity contribution in [1.29, 1.82) is 0 Å². The lowest BCUT2D eigenvalue weighted by Crippen LogP contribution is -2.36. The van der Waals surface area contributed by atoms with E-state index in [2.05, 4.69) is 32.7 Å². The van der Waals surface area contributed by atoms with Gasteiger partial charge in [-0.1, -0.05) is 24.3 Å². The van der Waals surface area contributed by atoms with Gasteiger partial charge in [-0.3, -0.25) is 9.59 Å². The normalized spacial score (nSPS) is 12.8. The fourth-order valence-electron chi connectivity index (χ4n) is 3.32. The molecule has 0 fully saturated rings. The highest BCUT2D eigenvalue weighted by Crippen LogP contribution is 2.21. The summed E-state index contributed by atoms with van der Waals surface area (Å²) in [6.07, 6.45) is 3.90. The molecule has 0 atom stereocenters. The minimum absolute atomic E-state index is 0.113. The number of nitrogens with zero attached hydrogens (tertiary/aromatic N) is 3. The monoisotopic (exact) mass is 387 g/mol. The average molecular weight is 387 g/mol. The molecular weight excluding hydrogens is 366 g/mol.